The van der Waals surface area contributed by atoms with E-state index in [1.54, 1.807) is 0 Å². The molecule has 0 spiro atoms. The van der Waals surface area contributed by atoms with Gasteiger partial charge in [-0.25, -0.2) is 0 Å². The van der Waals surface area contributed by atoms with Crippen molar-refractivity contribution in [2.45, 2.75) is 76.5 Å². The van der Waals surface area contributed by atoms with E-state index in [4.69, 9.17) is 0 Å². The normalized spacial score (nSPS) is 39.2. The van der Waals surface area contributed by atoms with Crippen LogP contribution in [0.2, 0.25) is 0 Å². The Morgan fingerprint density at radius 2 is 1.80 bits per heavy atom. The Bertz CT molecular complexity index is 195. The summed E-state index contributed by atoms with van der Waals surface area (Å²) in [6, 6.07) is 1.22. The molecule has 88 valence electrons. The van der Waals surface area contributed by atoms with Crippen molar-refractivity contribution in [3.05, 3.63) is 0 Å². The number of aliphatic hydroxyl groups excluding tert-OH is 1. The van der Waals surface area contributed by atoms with Crippen LogP contribution in [0, 0.1) is 0 Å². The highest BCUT2D eigenvalue weighted by atomic mass is 16.3. The lowest BCUT2D eigenvalue weighted by Crippen LogP contribution is -2.52. The minimum absolute atomic E-state index is 0.0501. The average Bonchev–Trinajstić information content (AvgIpc) is 2.30. The fourth-order valence-corrected chi connectivity index (χ4v) is 3.38. The summed E-state index contributed by atoms with van der Waals surface area (Å²) in [5, 5.41) is 10.1. The molecule has 15 heavy (non-hydrogen) atoms. The van der Waals surface area contributed by atoms with Gasteiger partial charge in [-0.15, -0.1) is 0 Å². The van der Waals surface area contributed by atoms with Crippen LogP contribution in [-0.2, 0) is 0 Å². The Kier molecular flexibility index (Phi) is 4.04. The number of likely N-dealkylation sites (tertiary alicyclic amines) is 1. The summed E-state index contributed by atoms with van der Waals surface area (Å²) in [4.78, 5) is 2.62. The molecule has 1 unspecified atom stereocenters. The van der Waals surface area contributed by atoms with Gasteiger partial charge in [-0.05, 0) is 38.6 Å². The minimum Gasteiger partial charge on any atom is -0.391 e. The van der Waals surface area contributed by atoms with Crippen molar-refractivity contribution >= 4 is 0 Å². The molecule has 0 aromatic heterocycles. The second-order valence-corrected chi connectivity index (χ2v) is 5.21. The van der Waals surface area contributed by atoms with Gasteiger partial charge in [0, 0.05) is 12.1 Å². The highest BCUT2D eigenvalue weighted by Gasteiger charge is 2.33. The van der Waals surface area contributed by atoms with Crippen LogP contribution in [0.5, 0.6) is 0 Å². The third kappa shape index (κ3) is 2.54. The third-order valence-corrected chi connectivity index (χ3v) is 4.26. The molecule has 2 aliphatic rings. The van der Waals surface area contributed by atoms with Gasteiger partial charge in [0.25, 0.3) is 0 Å². The van der Waals surface area contributed by atoms with Gasteiger partial charge >= 0.3 is 0 Å². The zero-order chi connectivity index (χ0) is 10.7. The fraction of sp³-hybridized carbons (Fsp3) is 1.00. The molecular formula is C13H25NO. The van der Waals surface area contributed by atoms with Crippen molar-refractivity contribution < 1.29 is 5.11 Å². The maximum atomic E-state index is 10.1. The molecule has 0 radical (unpaired) electrons. The lowest BCUT2D eigenvalue weighted by atomic mass is 9.87. The standard InChI is InChI=1S/C13H25NO/c1-2-11-7-5-6-10-14(11)12-8-3-4-9-13(12)15/h11-13,15H,2-10H2,1H3/t11?,12-,13-/m1/s1. The first-order valence-electron chi connectivity index (χ1n) is 6.76. The molecule has 2 rings (SSSR count). The Hall–Kier alpha value is -0.0800. The zero-order valence-corrected chi connectivity index (χ0v) is 9.99. The maximum absolute atomic E-state index is 10.1. The van der Waals surface area contributed by atoms with E-state index in [0.29, 0.717) is 6.04 Å². The Labute approximate surface area is 93.7 Å². The van der Waals surface area contributed by atoms with Gasteiger partial charge < -0.3 is 5.11 Å². The Morgan fingerprint density at radius 3 is 2.53 bits per heavy atom. The molecule has 1 aliphatic heterocycles. The first kappa shape index (κ1) is 11.4. The van der Waals surface area contributed by atoms with E-state index < -0.39 is 0 Å². The predicted octanol–water partition coefficient (Wildman–Crippen LogP) is 2.55. The molecule has 1 N–H and O–H groups in total. The summed E-state index contributed by atoms with van der Waals surface area (Å²) in [6.45, 7) is 3.51. The SMILES string of the molecule is CCC1CCCCN1[C@@H]1CCCC[C@H]1O. The number of aliphatic hydroxyl groups is 1. The summed E-state index contributed by atoms with van der Waals surface area (Å²) < 4.78 is 0. The molecule has 1 aliphatic carbocycles. The minimum atomic E-state index is -0.0501. The molecule has 3 atom stereocenters. The molecule has 1 heterocycles. The molecule has 2 nitrogen and oxygen atoms in total. The number of hydrogen-bond acceptors (Lipinski definition) is 2. The summed E-state index contributed by atoms with van der Waals surface area (Å²) >= 11 is 0. The van der Waals surface area contributed by atoms with Gasteiger partial charge in [-0.1, -0.05) is 26.2 Å². The Balaban J connectivity index is 1.99. The first-order chi connectivity index (χ1) is 7.33. The predicted molar refractivity (Wildman–Crippen MR) is 62.9 cm³/mol. The molecule has 2 heteroatoms. The molecule has 1 saturated heterocycles. The molecule has 2 fully saturated rings. The lowest BCUT2D eigenvalue weighted by molar-refractivity contribution is -0.0157. The number of hydrogen-bond donors (Lipinski definition) is 1. The Morgan fingerprint density at radius 1 is 1.07 bits per heavy atom. The summed E-state index contributed by atoms with van der Waals surface area (Å²) in [5.74, 6) is 0. The van der Waals surface area contributed by atoms with Crippen molar-refractivity contribution in [2.24, 2.45) is 0 Å². The zero-order valence-electron chi connectivity index (χ0n) is 9.99. The number of rotatable bonds is 2. The van der Waals surface area contributed by atoms with Gasteiger partial charge in [0.2, 0.25) is 0 Å². The monoisotopic (exact) mass is 211 g/mol. The quantitative estimate of drug-likeness (QED) is 0.759. The van der Waals surface area contributed by atoms with Crippen molar-refractivity contribution in [3.63, 3.8) is 0 Å². The highest BCUT2D eigenvalue weighted by Crippen LogP contribution is 2.29. The summed E-state index contributed by atoms with van der Waals surface area (Å²) in [7, 11) is 0. The smallest absolute Gasteiger partial charge is 0.0695 e. The van der Waals surface area contributed by atoms with Crippen LogP contribution < -0.4 is 0 Å². The third-order valence-electron chi connectivity index (χ3n) is 4.26. The largest absolute Gasteiger partial charge is 0.391 e. The summed E-state index contributed by atoms with van der Waals surface area (Å²) in [6.07, 6.45) is 10.1. The lowest BCUT2D eigenvalue weighted by Gasteiger charge is -2.44. The van der Waals surface area contributed by atoms with E-state index in [1.165, 1.54) is 51.5 Å². The van der Waals surface area contributed by atoms with Crippen LogP contribution in [-0.4, -0.2) is 34.7 Å². The topological polar surface area (TPSA) is 23.5 Å². The van der Waals surface area contributed by atoms with Gasteiger partial charge in [-0.2, -0.15) is 0 Å². The van der Waals surface area contributed by atoms with Gasteiger partial charge in [0.1, 0.15) is 0 Å². The van der Waals surface area contributed by atoms with E-state index >= 15 is 0 Å². The van der Waals surface area contributed by atoms with Crippen LogP contribution in [0.4, 0.5) is 0 Å². The maximum Gasteiger partial charge on any atom is 0.0695 e. The molecule has 1 saturated carbocycles. The van der Waals surface area contributed by atoms with Crippen molar-refractivity contribution in [1.29, 1.82) is 0 Å². The van der Waals surface area contributed by atoms with Gasteiger partial charge in [0.15, 0.2) is 0 Å². The van der Waals surface area contributed by atoms with E-state index in [1.807, 2.05) is 0 Å². The molecule has 0 aromatic rings. The number of nitrogens with zero attached hydrogens (tertiary/aromatic N) is 1. The molecular weight excluding hydrogens is 186 g/mol. The van der Waals surface area contributed by atoms with E-state index in [0.717, 1.165) is 12.5 Å². The van der Waals surface area contributed by atoms with Crippen molar-refractivity contribution in [3.8, 4) is 0 Å². The van der Waals surface area contributed by atoms with Gasteiger partial charge in [0.05, 0.1) is 6.10 Å². The van der Waals surface area contributed by atoms with Gasteiger partial charge in [-0.3, -0.25) is 4.90 Å². The molecule has 0 bridgehead atoms. The summed E-state index contributed by atoms with van der Waals surface area (Å²) in [5.41, 5.74) is 0. The van der Waals surface area contributed by atoms with Crippen LogP contribution in [0.15, 0.2) is 0 Å². The van der Waals surface area contributed by atoms with Crippen LogP contribution in [0.1, 0.15) is 58.3 Å². The average molecular weight is 211 g/mol. The second-order valence-electron chi connectivity index (χ2n) is 5.21. The van der Waals surface area contributed by atoms with E-state index in [-0.39, 0.29) is 6.10 Å². The highest BCUT2D eigenvalue weighted by molar-refractivity contribution is 4.88. The van der Waals surface area contributed by atoms with Crippen molar-refractivity contribution in [2.75, 3.05) is 6.54 Å². The van der Waals surface area contributed by atoms with Crippen LogP contribution >= 0.6 is 0 Å². The molecule has 0 aromatic carbocycles. The molecule has 0 amide bonds. The van der Waals surface area contributed by atoms with Crippen molar-refractivity contribution in [1.82, 2.24) is 4.90 Å². The first-order valence-corrected chi connectivity index (χ1v) is 6.76. The van der Waals surface area contributed by atoms with E-state index in [2.05, 4.69) is 11.8 Å². The second kappa shape index (κ2) is 5.31. The van der Waals surface area contributed by atoms with Crippen LogP contribution in [0.3, 0.4) is 0 Å². The fourth-order valence-electron chi connectivity index (χ4n) is 3.38. The van der Waals surface area contributed by atoms with Crippen LogP contribution in [0.25, 0.3) is 0 Å². The number of piperidine rings is 1. The van der Waals surface area contributed by atoms with E-state index in [9.17, 15) is 5.11 Å².